The van der Waals surface area contributed by atoms with Crippen LogP contribution in [0.5, 0.6) is 17.2 Å². The number of alkyl halides is 2. The number of carbonyl (C=O) groups is 3. The van der Waals surface area contributed by atoms with Gasteiger partial charge in [-0.15, -0.1) is 11.8 Å². The lowest BCUT2D eigenvalue weighted by Gasteiger charge is -2.43. The molecule has 5 heterocycles. The maximum absolute atomic E-state index is 14.2. The Kier molecular flexibility index (Phi) is 15.4. The number of aromatic nitrogens is 1. The molecule has 362 valence electrons. The monoisotopic (exact) mass is 1000 g/mol. The number of alkyl carbamates (subject to hydrolysis) is 1. The normalized spacial score (nSPS) is 20.8. The number of pyridine rings is 1. The van der Waals surface area contributed by atoms with E-state index in [0.717, 1.165) is 68.8 Å². The maximum atomic E-state index is 14.2. The summed E-state index contributed by atoms with van der Waals surface area (Å²) in [5.41, 5.74) is 3.29. The molecule has 1 aromatic heterocycles. The molecule has 4 aromatic carbocycles. The van der Waals surface area contributed by atoms with Gasteiger partial charge in [0.2, 0.25) is 0 Å². The zero-order chi connectivity index (χ0) is 48.0. The second-order valence-corrected chi connectivity index (χ2v) is 19.7. The number of nitrogens with one attached hydrogen (secondary N) is 1. The number of piperidine rings is 3. The summed E-state index contributed by atoms with van der Waals surface area (Å²) in [5.74, 6) is 0.296. The van der Waals surface area contributed by atoms with Crippen LogP contribution in [0.1, 0.15) is 76.0 Å². The van der Waals surface area contributed by atoms with E-state index in [1.807, 2.05) is 47.4 Å². The number of hydrogen-bond acceptors (Lipinski definition) is 12. The molecule has 1 N–H and O–H groups in total. The number of ether oxygens (including phenoxy) is 5. The Bertz CT molecular complexity index is 2620. The summed E-state index contributed by atoms with van der Waals surface area (Å²) in [4.78, 5) is 45.6. The Morgan fingerprint density at radius 1 is 0.841 bits per heavy atom. The van der Waals surface area contributed by atoms with E-state index in [2.05, 4.69) is 10.2 Å². The van der Waals surface area contributed by atoms with Crippen LogP contribution in [0.4, 0.5) is 13.6 Å². The highest BCUT2D eigenvalue weighted by molar-refractivity contribution is 8.00. The highest BCUT2D eigenvalue weighted by Crippen LogP contribution is 2.39. The molecule has 5 fully saturated rings. The maximum Gasteiger partial charge on any atom is 0.408 e. The first kappa shape index (κ1) is 48.4. The van der Waals surface area contributed by atoms with E-state index in [1.165, 1.54) is 30.0 Å². The van der Waals surface area contributed by atoms with Gasteiger partial charge in [-0.05, 0) is 109 Å². The fourth-order valence-electron chi connectivity index (χ4n) is 9.03. The average Bonchev–Trinajstić information content (AvgIpc) is 4.06. The predicted octanol–water partition coefficient (Wildman–Crippen LogP) is 9.55. The fraction of sp³-hybridized carbons (Fsp3) is 0.373. The number of thioether (sulfide) groups is 1. The molecule has 0 radical (unpaired) electrons. The van der Waals surface area contributed by atoms with Gasteiger partial charge < -0.3 is 34.2 Å². The van der Waals surface area contributed by atoms with Crippen molar-refractivity contribution in [1.82, 2.24) is 15.1 Å². The lowest BCUT2D eigenvalue weighted by Crippen LogP contribution is -2.52. The Labute approximate surface area is 412 Å². The predicted molar refractivity (Wildman–Crippen MR) is 255 cm³/mol. The van der Waals surface area contributed by atoms with Gasteiger partial charge in [-0.2, -0.15) is 13.5 Å². The Morgan fingerprint density at radius 2 is 1.59 bits per heavy atom. The largest absolute Gasteiger partial charge is 0.619 e. The minimum atomic E-state index is -3.09. The number of benzene rings is 4. The van der Waals surface area contributed by atoms with Crippen molar-refractivity contribution in [3.63, 3.8) is 0 Å². The van der Waals surface area contributed by atoms with Gasteiger partial charge in [-0.3, -0.25) is 9.80 Å². The van der Waals surface area contributed by atoms with Crippen molar-refractivity contribution < 1.29 is 51.6 Å². The van der Waals surface area contributed by atoms with Crippen molar-refractivity contribution in [2.24, 2.45) is 11.8 Å². The lowest BCUT2D eigenvalue weighted by atomic mass is 9.86. The third kappa shape index (κ3) is 12.4. The molecule has 10 rings (SSSR count). The first-order valence-electron chi connectivity index (χ1n) is 22.9. The van der Waals surface area contributed by atoms with E-state index >= 15 is 0 Å². The number of nitrogens with zero attached hydrogens (tertiary/aromatic N) is 3. The quantitative estimate of drug-likeness (QED) is 0.0387. The van der Waals surface area contributed by atoms with Crippen molar-refractivity contribution in [2.75, 3.05) is 38.5 Å². The minimum Gasteiger partial charge on any atom is -0.619 e. The molecule has 69 heavy (non-hydrogen) atoms. The zero-order valence-electron chi connectivity index (χ0n) is 37.4. The topological polar surface area (TPSA) is 143 Å². The summed E-state index contributed by atoms with van der Waals surface area (Å²) in [5, 5.41) is 14.5. The molecular weight excluding hydrogens is 954 g/mol. The summed E-state index contributed by atoms with van der Waals surface area (Å²) in [6, 6.07) is 27.3. The summed E-state index contributed by atoms with van der Waals surface area (Å²) in [6.45, 7) is 0.839. The van der Waals surface area contributed by atoms with E-state index in [4.69, 9.17) is 46.9 Å². The van der Waals surface area contributed by atoms with Crippen LogP contribution in [-0.2, 0) is 27.2 Å². The number of amides is 1. The van der Waals surface area contributed by atoms with Crippen LogP contribution >= 0.6 is 35.0 Å². The summed E-state index contributed by atoms with van der Waals surface area (Å²) < 4.78 is 56.1. The van der Waals surface area contributed by atoms with E-state index in [0.29, 0.717) is 64.5 Å². The van der Waals surface area contributed by atoms with Gasteiger partial charge in [-0.1, -0.05) is 83.9 Å². The smallest absolute Gasteiger partial charge is 0.408 e. The standard InChI is InChI=1S/C51H50Cl2F2N4O9S/c52-40-27-59(63)28-41(53)39(40)25-43(35-14-15-42(67-50(54)55)44(24-35)64-30-31-12-13-31)66-49(61)47-58(20-21-69-47)26-32-6-4-11-38(22-32)65-48(60)37-10-5-9-36(23-37)46(34-7-2-1-3-8-34)56-51(62)68-45-29-57-18-16-33(45)17-19-57/h1-11,14-15,22-24,27-28,31,33,43,45-47,50H,12-13,16-21,25-26,29-30H2,(H,56,62)/t43-,45-,46-,47-/m0/s1. The molecule has 1 amide bonds. The number of esters is 2. The minimum absolute atomic E-state index is 0.0508. The number of hydrogen-bond donors (Lipinski definition) is 1. The summed E-state index contributed by atoms with van der Waals surface area (Å²) >= 11 is 14.4. The second kappa shape index (κ2) is 22.0. The molecule has 1 saturated carbocycles. The second-order valence-electron chi connectivity index (χ2n) is 17.7. The SMILES string of the molecule is O=C(N[C@@H](c1ccccc1)c1cccc(C(=O)Oc2cccc(CN3CCS[C@H]3C(=O)O[C@@H](Cc3c(Cl)c[n+]([O-])cc3Cl)c3ccc(OC(F)F)c(OCC4CC4)c3)c2)c1)O[C@H]1CN2CCC1CC2. The molecule has 4 atom stereocenters. The van der Waals surface area contributed by atoms with Gasteiger partial charge in [0.25, 0.3) is 0 Å². The number of halogens is 4. The molecule has 13 nitrogen and oxygen atoms in total. The molecule has 4 saturated heterocycles. The van der Waals surface area contributed by atoms with Crippen molar-refractivity contribution >= 4 is 53.0 Å². The molecule has 0 unspecified atom stereocenters. The molecule has 0 spiro atoms. The fourth-order valence-corrected chi connectivity index (χ4v) is 10.8. The number of fused-ring (bicyclic) bond motifs is 3. The van der Waals surface area contributed by atoms with Gasteiger partial charge in [0, 0.05) is 37.4 Å². The Hall–Kier alpha value is -5.65. The van der Waals surface area contributed by atoms with E-state index in [9.17, 15) is 28.4 Å². The van der Waals surface area contributed by atoms with Crippen molar-refractivity contribution in [3.05, 3.63) is 158 Å². The molecule has 1 aliphatic carbocycles. The molecule has 5 aliphatic rings. The molecule has 18 heteroatoms. The first-order valence-corrected chi connectivity index (χ1v) is 24.7. The third-order valence-electron chi connectivity index (χ3n) is 12.8. The Morgan fingerprint density at radius 3 is 2.32 bits per heavy atom. The van der Waals surface area contributed by atoms with Crippen LogP contribution in [0.2, 0.25) is 10.0 Å². The van der Waals surface area contributed by atoms with Gasteiger partial charge in [0.15, 0.2) is 29.3 Å². The van der Waals surface area contributed by atoms with E-state index < -0.39 is 42.2 Å². The van der Waals surface area contributed by atoms with Crippen molar-refractivity contribution in [1.29, 1.82) is 0 Å². The van der Waals surface area contributed by atoms with Crippen LogP contribution in [0.25, 0.3) is 0 Å². The molecule has 4 aliphatic heterocycles. The third-order valence-corrected chi connectivity index (χ3v) is 14.7. The highest BCUT2D eigenvalue weighted by Gasteiger charge is 2.38. The first-order chi connectivity index (χ1) is 33.4. The van der Waals surface area contributed by atoms with Gasteiger partial charge >= 0.3 is 24.6 Å². The molecular formula is C51H50Cl2F2N4O9S. The number of rotatable bonds is 18. The zero-order valence-corrected chi connectivity index (χ0v) is 39.7. The highest BCUT2D eigenvalue weighted by atomic mass is 35.5. The molecule has 5 aromatic rings. The van der Waals surface area contributed by atoms with Gasteiger partial charge in [-0.25, -0.2) is 14.4 Å². The van der Waals surface area contributed by atoms with Gasteiger partial charge in [0.1, 0.15) is 28.0 Å². The van der Waals surface area contributed by atoms with Crippen molar-refractivity contribution in [3.8, 4) is 17.2 Å². The van der Waals surface area contributed by atoms with Crippen LogP contribution < -0.4 is 24.3 Å². The average molecular weight is 1000 g/mol. The molecule has 2 bridgehead atoms. The van der Waals surface area contributed by atoms with Gasteiger partial charge in [0.05, 0.1) is 18.2 Å². The number of carbonyl (C=O) groups excluding carboxylic acids is 3. The van der Waals surface area contributed by atoms with Crippen molar-refractivity contribution in [2.45, 2.75) is 68.9 Å². The van der Waals surface area contributed by atoms with Crippen LogP contribution in [0.3, 0.4) is 0 Å². The van der Waals surface area contributed by atoms with E-state index in [-0.39, 0.29) is 39.6 Å². The summed E-state index contributed by atoms with van der Waals surface area (Å²) in [7, 11) is 0. The lowest BCUT2D eigenvalue weighted by molar-refractivity contribution is -0.605. The van der Waals surface area contributed by atoms with Crippen LogP contribution in [0.15, 0.2) is 109 Å². The Balaban J connectivity index is 0.881. The van der Waals surface area contributed by atoms with Crippen LogP contribution in [-0.4, -0.2) is 84.5 Å². The van der Waals surface area contributed by atoms with Crippen LogP contribution in [0, 0.1) is 17.0 Å². The summed E-state index contributed by atoms with van der Waals surface area (Å²) in [6.07, 6.45) is 4.46. The van der Waals surface area contributed by atoms with E-state index in [1.54, 1.807) is 36.4 Å².